The SMILES string of the molecule is CN(C)CCCN(C)CC1COCCC1=O. The lowest BCUT2D eigenvalue weighted by Gasteiger charge is -2.26. The first-order valence-electron chi connectivity index (χ1n) is 6.03. The second kappa shape index (κ2) is 6.99. The molecule has 0 radical (unpaired) electrons. The van der Waals surface area contributed by atoms with Gasteiger partial charge in [-0.15, -0.1) is 0 Å². The molecule has 1 heterocycles. The van der Waals surface area contributed by atoms with E-state index in [9.17, 15) is 4.79 Å². The van der Waals surface area contributed by atoms with E-state index in [-0.39, 0.29) is 5.92 Å². The van der Waals surface area contributed by atoms with Crippen LogP contribution in [0.3, 0.4) is 0 Å². The molecule has 0 aliphatic carbocycles. The van der Waals surface area contributed by atoms with Gasteiger partial charge in [-0.3, -0.25) is 4.79 Å². The molecule has 0 aromatic carbocycles. The quantitative estimate of drug-likeness (QED) is 0.662. The van der Waals surface area contributed by atoms with Crippen LogP contribution in [0.25, 0.3) is 0 Å². The van der Waals surface area contributed by atoms with Crippen LogP contribution in [0.2, 0.25) is 0 Å². The second-order valence-electron chi connectivity index (χ2n) is 4.91. The van der Waals surface area contributed by atoms with Crippen LogP contribution in [0.4, 0.5) is 0 Å². The van der Waals surface area contributed by atoms with E-state index in [2.05, 4.69) is 30.9 Å². The summed E-state index contributed by atoms with van der Waals surface area (Å²) in [6.07, 6.45) is 1.74. The second-order valence-corrected chi connectivity index (χ2v) is 4.91. The highest BCUT2D eigenvalue weighted by molar-refractivity contribution is 5.81. The monoisotopic (exact) mass is 228 g/mol. The Hall–Kier alpha value is -0.450. The molecule has 0 spiro atoms. The van der Waals surface area contributed by atoms with E-state index in [1.54, 1.807) is 0 Å². The minimum atomic E-state index is 0.0955. The van der Waals surface area contributed by atoms with Gasteiger partial charge in [0.2, 0.25) is 0 Å². The number of hydrogen-bond donors (Lipinski definition) is 0. The third-order valence-corrected chi connectivity index (χ3v) is 2.94. The Morgan fingerprint density at radius 2 is 2.06 bits per heavy atom. The Bertz CT molecular complexity index is 219. The molecule has 0 aromatic heterocycles. The average molecular weight is 228 g/mol. The molecule has 4 heteroatoms. The summed E-state index contributed by atoms with van der Waals surface area (Å²) in [5.41, 5.74) is 0. The minimum Gasteiger partial charge on any atom is -0.380 e. The van der Waals surface area contributed by atoms with Crippen molar-refractivity contribution in [2.75, 3.05) is 54.0 Å². The molecule has 0 N–H and O–H groups in total. The van der Waals surface area contributed by atoms with Gasteiger partial charge < -0.3 is 14.5 Å². The molecule has 1 unspecified atom stereocenters. The molecule has 0 aromatic rings. The van der Waals surface area contributed by atoms with E-state index in [1.807, 2.05) is 0 Å². The van der Waals surface area contributed by atoms with E-state index < -0.39 is 0 Å². The van der Waals surface area contributed by atoms with Gasteiger partial charge in [0.15, 0.2) is 0 Å². The van der Waals surface area contributed by atoms with Crippen molar-refractivity contribution < 1.29 is 9.53 Å². The largest absolute Gasteiger partial charge is 0.380 e. The number of rotatable bonds is 6. The van der Waals surface area contributed by atoms with Crippen LogP contribution in [0.5, 0.6) is 0 Å². The number of carbonyl (C=O) groups is 1. The van der Waals surface area contributed by atoms with Crippen LogP contribution in [-0.4, -0.2) is 69.6 Å². The lowest BCUT2D eigenvalue weighted by atomic mass is 10.0. The third-order valence-electron chi connectivity index (χ3n) is 2.94. The van der Waals surface area contributed by atoms with Crippen molar-refractivity contribution in [1.29, 1.82) is 0 Å². The van der Waals surface area contributed by atoms with Gasteiger partial charge in [-0.2, -0.15) is 0 Å². The van der Waals surface area contributed by atoms with E-state index in [0.717, 1.165) is 26.1 Å². The predicted octanol–water partition coefficient (Wildman–Crippen LogP) is 0.476. The first kappa shape index (κ1) is 13.6. The molecule has 1 rings (SSSR count). The summed E-state index contributed by atoms with van der Waals surface area (Å²) < 4.78 is 5.34. The van der Waals surface area contributed by atoms with Gasteiger partial charge in [0.25, 0.3) is 0 Å². The predicted molar refractivity (Wildman–Crippen MR) is 64.6 cm³/mol. The van der Waals surface area contributed by atoms with Crippen LogP contribution in [0, 0.1) is 5.92 Å². The Morgan fingerprint density at radius 3 is 2.69 bits per heavy atom. The van der Waals surface area contributed by atoms with Crippen molar-refractivity contribution in [3.05, 3.63) is 0 Å². The Morgan fingerprint density at radius 1 is 1.31 bits per heavy atom. The molecule has 0 amide bonds. The fraction of sp³-hybridized carbons (Fsp3) is 0.917. The van der Waals surface area contributed by atoms with Crippen molar-refractivity contribution in [3.8, 4) is 0 Å². The smallest absolute Gasteiger partial charge is 0.141 e. The van der Waals surface area contributed by atoms with Gasteiger partial charge in [0, 0.05) is 13.0 Å². The van der Waals surface area contributed by atoms with E-state index in [0.29, 0.717) is 25.4 Å². The van der Waals surface area contributed by atoms with Gasteiger partial charge in [-0.05, 0) is 40.7 Å². The fourth-order valence-corrected chi connectivity index (χ4v) is 1.97. The fourth-order valence-electron chi connectivity index (χ4n) is 1.97. The maximum Gasteiger partial charge on any atom is 0.141 e. The van der Waals surface area contributed by atoms with Crippen LogP contribution < -0.4 is 0 Å². The van der Waals surface area contributed by atoms with Gasteiger partial charge >= 0.3 is 0 Å². The van der Waals surface area contributed by atoms with Gasteiger partial charge in [0.05, 0.1) is 19.1 Å². The molecule has 1 atom stereocenters. The van der Waals surface area contributed by atoms with Crippen LogP contribution in [0.15, 0.2) is 0 Å². The topological polar surface area (TPSA) is 32.8 Å². The van der Waals surface area contributed by atoms with Crippen LogP contribution in [-0.2, 0) is 9.53 Å². The molecule has 16 heavy (non-hydrogen) atoms. The molecule has 0 saturated carbocycles. The lowest BCUT2D eigenvalue weighted by Crippen LogP contribution is -2.37. The molecule has 1 aliphatic heterocycles. The summed E-state index contributed by atoms with van der Waals surface area (Å²) in [4.78, 5) is 16.0. The summed E-state index contributed by atoms with van der Waals surface area (Å²) in [7, 11) is 6.24. The van der Waals surface area contributed by atoms with E-state index in [4.69, 9.17) is 4.74 Å². The first-order chi connectivity index (χ1) is 7.59. The Balaban J connectivity index is 2.17. The maximum absolute atomic E-state index is 11.6. The van der Waals surface area contributed by atoms with Crippen molar-refractivity contribution >= 4 is 5.78 Å². The summed E-state index contributed by atoms with van der Waals surface area (Å²) in [5.74, 6) is 0.462. The standard InChI is InChI=1S/C12H24N2O2/c1-13(2)6-4-7-14(3)9-11-10-16-8-5-12(11)15/h11H,4-10H2,1-3H3. The summed E-state index contributed by atoms with van der Waals surface area (Å²) in [6, 6.07) is 0. The number of hydrogen-bond acceptors (Lipinski definition) is 4. The van der Waals surface area contributed by atoms with E-state index in [1.165, 1.54) is 0 Å². The molecular weight excluding hydrogens is 204 g/mol. The number of Topliss-reactive ketones (excluding diaryl/α,β-unsaturated/α-hetero) is 1. The van der Waals surface area contributed by atoms with Crippen molar-refractivity contribution in [3.63, 3.8) is 0 Å². The summed E-state index contributed by atoms with van der Waals surface area (Å²) in [6.45, 7) is 4.20. The van der Waals surface area contributed by atoms with Gasteiger partial charge in [0.1, 0.15) is 5.78 Å². The number of carbonyl (C=O) groups excluding carboxylic acids is 1. The van der Waals surface area contributed by atoms with Gasteiger partial charge in [-0.25, -0.2) is 0 Å². The molecule has 1 fully saturated rings. The van der Waals surface area contributed by atoms with Gasteiger partial charge in [-0.1, -0.05) is 0 Å². The zero-order chi connectivity index (χ0) is 12.0. The first-order valence-corrected chi connectivity index (χ1v) is 6.03. The minimum absolute atomic E-state index is 0.0955. The normalized spacial score (nSPS) is 22.1. The van der Waals surface area contributed by atoms with Crippen molar-refractivity contribution in [1.82, 2.24) is 9.80 Å². The van der Waals surface area contributed by atoms with Crippen molar-refractivity contribution in [2.24, 2.45) is 5.92 Å². The highest BCUT2D eigenvalue weighted by Crippen LogP contribution is 2.11. The Kier molecular flexibility index (Phi) is 5.95. The summed E-state index contributed by atoms with van der Waals surface area (Å²) in [5, 5.41) is 0. The lowest BCUT2D eigenvalue weighted by molar-refractivity contribution is -0.131. The molecule has 0 bridgehead atoms. The maximum atomic E-state index is 11.6. The number of ketones is 1. The Labute approximate surface area is 98.5 Å². The molecule has 4 nitrogen and oxygen atoms in total. The average Bonchev–Trinajstić information content (AvgIpc) is 2.21. The van der Waals surface area contributed by atoms with E-state index >= 15 is 0 Å². The zero-order valence-electron chi connectivity index (χ0n) is 10.7. The molecule has 94 valence electrons. The molecule has 1 saturated heterocycles. The molecule has 1 aliphatic rings. The highest BCUT2D eigenvalue weighted by atomic mass is 16.5. The van der Waals surface area contributed by atoms with Crippen LogP contribution in [0.1, 0.15) is 12.8 Å². The number of nitrogens with zero attached hydrogens (tertiary/aromatic N) is 2. The number of ether oxygens (including phenoxy) is 1. The third kappa shape index (κ3) is 5.05. The molecular formula is C12H24N2O2. The summed E-state index contributed by atoms with van der Waals surface area (Å²) >= 11 is 0. The van der Waals surface area contributed by atoms with Crippen molar-refractivity contribution in [2.45, 2.75) is 12.8 Å². The highest BCUT2D eigenvalue weighted by Gasteiger charge is 2.23. The van der Waals surface area contributed by atoms with Crippen LogP contribution >= 0.6 is 0 Å². The zero-order valence-corrected chi connectivity index (χ0v) is 10.7.